The van der Waals surface area contributed by atoms with Gasteiger partial charge >= 0.3 is 5.91 Å². The van der Waals surface area contributed by atoms with E-state index in [0.717, 1.165) is 0 Å². The average Bonchev–Trinajstić information content (AvgIpc) is 3.08. The van der Waals surface area contributed by atoms with Gasteiger partial charge in [0.1, 0.15) is 11.5 Å². The van der Waals surface area contributed by atoms with Crippen LogP contribution in [0.2, 0.25) is 0 Å². The SMILES string of the molecule is CCOc1ccc(/C(O)=C2\C(=O)C(=O)N3c4ccccc4NC(=O)C23C2=COCCC2)cc1. The van der Waals surface area contributed by atoms with Gasteiger partial charge < -0.3 is 19.9 Å². The van der Waals surface area contributed by atoms with E-state index in [4.69, 9.17) is 9.47 Å². The summed E-state index contributed by atoms with van der Waals surface area (Å²) in [7, 11) is 0. The molecule has 1 saturated heterocycles. The number of carbonyl (C=O) groups is 3. The Morgan fingerprint density at radius 1 is 1.15 bits per heavy atom. The van der Waals surface area contributed by atoms with Crippen molar-refractivity contribution in [2.45, 2.75) is 25.3 Å². The second-order valence-electron chi connectivity index (χ2n) is 7.95. The van der Waals surface area contributed by atoms with Crippen molar-refractivity contribution in [3.63, 3.8) is 0 Å². The zero-order valence-corrected chi connectivity index (χ0v) is 18.0. The van der Waals surface area contributed by atoms with Gasteiger partial charge in [0.2, 0.25) is 0 Å². The summed E-state index contributed by atoms with van der Waals surface area (Å²) in [6, 6.07) is 13.2. The van der Waals surface area contributed by atoms with Gasteiger partial charge in [0, 0.05) is 11.1 Å². The van der Waals surface area contributed by atoms with E-state index in [1.807, 2.05) is 6.92 Å². The number of aliphatic hydroxyl groups is 1. The zero-order chi connectivity index (χ0) is 23.2. The third-order valence-corrected chi connectivity index (χ3v) is 6.12. The highest BCUT2D eigenvalue weighted by Gasteiger charge is 2.66. The number of benzene rings is 2. The Kier molecular flexibility index (Phi) is 4.92. The zero-order valence-electron chi connectivity index (χ0n) is 18.0. The molecule has 0 bridgehead atoms. The minimum Gasteiger partial charge on any atom is -0.507 e. The Bertz CT molecular complexity index is 1230. The number of nitrogens with zero attached hydrogens (tertiary/aromatic N) is 1. The molecule has 2 aromatic carbocycles. The number of hydrogen-bond donors (Lipinski definition) is 2. The fourth-order valence-corrected chi connectivity index (χ4v) is 4.71. The summed E-state index contributed by atoms with van der Waals surface area (Å²) in [6.07, 6.45) is 2.46. The first-order chi connectivity index (χ1) is 16.0. The monoisotopic (exact) mass is 446 g/mol. The molecule has 0 saturated carbocycles. The molecule has 0 aromatic heterocycles. The maximum Gasteiger partial charge on any atom is 0.300 e. The molecular weight excluding hydrogens is 424 g/mol. The van der Waals surface area contributed by atoms with E-state index in [0.29, 0.717) is 54.3 Å². The van der Waals surface area contributed by atoms with Crippen LogP contribution in [0, 0.1) is 0 Å². The molecule has 2 aromatic rings. The van der Waals surface area contributed by atoms with Crippen LogP contribution in [0.1, 0.15) is 25.3 Å². The first-order valence-corrected chi connectivity index (χ1v) is 10.8. The number of carbonyl (C=O) groups excluding carboxylic acids is 3. The molecule has 3 heterocycles. The molecule has 8 nitrogen and oxygen atoms in total. The van der Waals surface area contributed by atoms with Crippen molar-refractivity contribution < 1.29 is 29.0 Å². The summed E-state index contributed by atoms with van der Waals surface area (Å²) >= 11 is 0. The molecule has 3 aliphatic rings. The molecule has 0 radical (unpaired) electrons. The van der Waals surface area contributed by atoms with Crippen molar-refractivity contribution in [1.29, 1.82) is 0 Å². The molecule has 1 fully saturated rings. The fraction of sp³-hybridized carbons (Fsp3) is 0.240. The highest BCUT2D eigenvalue weighted by atomic mass is 16.5. The van der Waals surface area contributed by atoms with Gasteiger partial charge in [-0.25, -0.2) is 0 Å². The number of rotatable bonds is 4. The summed E-state index contributed by atoms with van der Waals surface area (Å²) in [6.45, 7) is 2.79. The van der Waals surface area contributed by atoms with E-state index in [-0.39, 0.29) is 5.57 Å². The van der Waals surface area contributed by atoms with Crippen LogP contribution in [0.15, 0.2) is 65.9 Å². The molecule has 5 rings (SSSR count). The Hall–Kier alpha value is -4.07. The molecule has 2 amide bonds. The van der Waals surface area contributed by atoms with Gasteiger partial charge in [-0.1, -0.05) is 12.1 Å². The lowest BCUT2D eigenvalue weighted by Crippen LogP contribution is -2.60. The molecule has 2 N–H and O–H groups in total. The second-order valence-corrected chi connectivity index (χ2v) is 7.95. The lowest BCUT2D eigenvalue weighted by atomic mass is 9.76. The van der Waals surface area contributed by atoms with E-state index in [2.05, 4.69) is 5.32 Å². The highest BCUT2D eigenvalue weighted by Crippen LogP contribution is 2.51. The van der Waals surface area contributed by atoms with Crippen LogP contribution < -0.4 is 15.0 Å². The molecule has 33 heavy (non-hydrogen) atoms. The van der Waals surface area contributed by atoms with Crippen LogP contribution in [0.3, 0.4) is 0 Å². The van der Waals surface area contributed by atoms with Gasteiger partial charge in [-0.15, -0.1) is 0 Å². The summed E-state index contributed by atoms with van der Waals surface area (Å²) in [5.74, 6) is -2.24. The lowest BCUT2D eigenvalue weighted by molar-refractivity contribution is -0.132. The molecule has 8 heteroatoms. The lowest BCUT2D eigenvalue weighted by Gasteiger charge is -2.43. The van der Waals surface area contributed by atoms with Gasteiger partial charge in [-0.2, -0.15) is 0 Å². The highest BCUT2D eigenvalue weighted by molar-refractivity contribution is 6.56. The Morgan fingerprint density at radius 3 is 2.61 bits per heavy atom. The maximum atomic E-state index is 13.7. The number of ether oxygens (including phenoxy) is 2. The van der Waals surface area contributed by atoms with Crippen LogP contribution in [-0.4, -0.2) is 41.5 Å². The Morgan fingerprint density at radius 2 is 1.91 bits per heavy atom. The third kappa shape index (κ3) is 2.94. The van der Waals surface area contributed by atoms with E-state index in [1.54, 1.807) is 48.5 Å². The molecule has 3 aliphatic heterocycles. The molecule has 0 aliphatic carbocycles. The average molecular weight is 446 g/mol. The standard InChI is InChI=1S/C25H22N2O6/c1-2-33-17-11-9-15(10-12-17)21(28)20-22(29)23(30)27-19-8-4-3-7-18(19)26-24(31)25(20,27)16-6-5-13-32-14-16/h3-4,7-12,14,28H,2,5-6,13H2,1H3,(H,26,31)/b21-20-. The largest absolute Gasteiger partial charge is 0.507 e. The van der Waals surface area contributed by atoms with E-state index in [1.165, 1.54) is 11.2 Å². The van der Waals surface area contributed by atoms with E-state index < -0.39 is 28.9 Å². The summed E-state index contributed by atoms with van der Waals surface area (Å²) in [4.78, 5) is 41.6. The van der Waals surface area contributed by atoms with Gasteiger partial charge in [0.05, 0.1) is 36.4 Å². The number of para-hydroxylation sites is 2. The topological polar surface area (TPSA) is 105 Å². The maximum absolute atomic E-state index is 13.7. The van der Waals surface area contributed by atoms with Crippen LogP contribution in [0.4, 0.5) is 11.4 Å². The van der Waals surface area contributed by atoms with Gasteiger partial charge in [-0.3, -0.25) is 19.3 Å². The van der Waals surface area contributed by atoms with Crippen molar-refractivity contribution in [3.8, 4) is 5.75 Å². The summed E-state index contributed by atoms with van der Waals surface area (Å²) in [5, 5.41) is 14.1. The third-order valence-electron chi connectivity index (χ3n) is 6.12. The van der Waals surface area contributed by atoms with E-state index >= 15 is 0 Å². The number of hydrogen-bond acceptors (Lipinski definition) is 6. The molecule has 0 spiro atoms. The molecule has 168 valence electrons. The minimum absolute atomic E-state index is 0.277. The van der Waals surface area contributed by atoms with Gasteiger partial charge in [0.25, 0.3) is 11.7 Å². The van der Waals surface area contributed by atoms with Crippen molar-refractivity contribution in [2.24, 2.45) is 0 Å². The van der Waals surface area contributed by atoms with Crippen LogP contribution >= 0.6 is 0 Å². The first-order valence-electron chi connectivity index (χ1n) is 10.8. The molecule has 1 atom stereocenters. The van der Waals surface area contributed by atoms with E-state index in [9.17, 15) is 19.5 Å². The number of Topliss-reactive ketones (excluding diaryl/α,β-unsaturated/α-hetero) is 1. The van der Waals surface area contributed by atoms with Crippen molar-refractivity contribution in [1.82, 2.24) is 0 Å². The van der Waals surface area contributed by atoms with Crippen LogP contribution in [0.5, 0.6) is 5.75 Å². The fourth-order valence-electron chi connectivity index (χ4n) is 4.71. The van der Waals surface area contributed by atoms with Crippen molar-refractivity contribution in [3.05, 3.63) is 71.5 Å². The number of fused-ring (bicyclic) bond motifs is 3. The number of nitrogens with one attached hydrogen (secondary N) is 1. The number of amides is 2. The number of anilines is 2. The van der Waals surface area contributed by atoms with Gasteiger partial charge in [0.15, 0.2) is 5.54 Å². The Labute approximate surface area is 190 Å². The van der Waals surface area contributed by atoms with Gasteiger partial charge in [-0.05, 0) is 56.2 Å². The smallest absolute Gasteiger partial charge is 0.300 e. The second kappa shape index (κ2) is 7.81. The summed E-state index contributed by atoms with van der Waals surface area (Å²) in [5.41, 5.74) is -0.589. The van der Waals surface area contributed by atoms with Crippen molar-refractivity contribution >= 4 is 34.7 Å². The quantitative estimate of drug-likeness (QED) is 0.424. The number of ketones is 1. The normalized spacial score (nSPS) is 23.2. The van der Waals surface area contributed by atoms with Crippen LogP contribution in [0.25, 0.3) is 5.76 Å². The first kappa shape index (κ1) is 20.8. The Balaban J connectivity index is 1.78. The summed E-state index contributed by atoms with van der Waals surface area (Å²) < 4.78 is 11.0. The molecule has 1 unspecified atom stereocenters. The van der Waals surface area contributed by atoms with Crippen LogP contribution in [-0.2, 0) is 19.1 Å². The number of aliphatic hydroxyl groups excluding tert-OH is 1. The minimum atomic E-state index is -1.84. The predicted octanol–water partition coefficient (Wildman–Crippen LogP) is 3.36. The predicted molar refractivity (Wildman–Crippen MR) is 121 cm³/mol. The van der Waals surface area contributed by atoms with Crippen molar-refractivity contribution in [2.75, 3.05) is 23.4 Å². The molecular formula is C25H22N2O6.